The lowest BCUT2D eigenvalue weighted by Gasteiger charge is -2.31. The van der Waals surface area contributed by atoms with Gasteiger partial charge in [-0.05, 0) is 81.5 Å². The molecule has 4 heterocycles. The zero-order valence-corrected chi connectivity index (χ0v) is 40.9. The van der Waals surface area contributed by atoms with Crippen LogP contribution in [0.2, 0.25) is 0 Å². The van der Waals surface area contributed by atoms with Crippen LogP contribution in [0, 0.1) is 0 Å². The van der Waals surface area contributed by atoms with Crippen LogP contribution >= 0.6 is 11.3 Å². The van der Waals surface area contributed by atoms with Gasteiger partial charge >= 0.3 is 0 Å². The molecular formula is C49H57N7O11S2. The van der Waals surface area contributed by atoms with Crippen molar-refractivity contribution in [2.24, 2.45) is 0 Å². The van der Waals surface area contributed by atoms with Crippen LogP contribution in [0.1, 0.15) is 112 Å². The van der Waals surface area contributed by atoms with Gasteiger partial charge in [0.1, 0.15) is 28.0 Å². The van der Waals surface area contributed by atoms with Gasteiger partial charge in [0.15, 0.2) is 23.5 Å². The van der Waals surface area contributed by atoms with Crippen molar-refractivity contribution in [1.82, 2.24) is 30.1 Å². The third-order valence-corrected chi connectivity index (χ3v) is 13.9. The first-order valence-electron chi connectivity index (χ1n) is 22.7. The number of sulfone groups is 1. The number of methoxy groups -OCH3 is 1. The van der Waals surface area contributed by atoms with Gasteiger partial charge in [0, 0.05) is 66.3 Å². The molecule has 3 amide bonds. The number of aryl methyl sites for hydroxylation is 1. The molecule has 3 aromatic carbocycles. The highest BCUT2D eigenvalue weighted by atomic mass is 32.2. The molecule has 7 rings (SSSR count). The fourth-order valence-corrected chi connectivity index (χ4v) is 10.4. The summed E-state index contributed by atoms with van der Waals surface area (Å²) >= 11 is 1.46. The molecule has 69 heavy (non-hydrogen) atoms. The average Bonchev–Trinajstić information content (AvgIpc) is 4.07. The topological polar surface area (TPSA) is 229 Å². The van der Waals surface area contributed by atoms with E-state index in [0.29, 0.717) is 80.4 Å². The molecule has 20 heteroatoms. The van der Waals surface area contributed by atoms with Crippen LogP contribution < -0.4 is 24.8 Å². The van der Waals surface area contributed by atoms with E-state index in [1.54, 1.807) is 52.9 Å². The molecule has 5 aromatic rings. The van der Waals surface area contributed by atoms with Gasteiger partial charge in [-0.2, -0.15) is 0 Å². The van der Waals surface area contributed by atoms with Crippen LogP contribution in [-0.2, 0) is 56.9 Å². The van der Waals surface area contributed by atoms with Crippen molar-refractivity contribution in [2.75, 3.05) is 37.6 Å². The standard InChI is InChI=1S/C49H57N7O11S2/c1-6-66-43-23-33(16-20-42(43)65-4)41(29-69(5,63)64)56-48(61)36-10-8-11-39(46(36)49(56)62)51-45(59)12-7-9-34-25-54(53-52-34)22-21-50-24-32-14-17-35(18-15-32)67-27-44-37-26-55(47(60)38(37)28-68-44)40(31(3)58)19-13-30(2)57/h8,10-11,14-18,20,23,25,28,40-41,48,50,61H,6-7,9,12-13,19,21-22,24,26-27,29H2,1-5H3,(H,51,59)/t40?,41-,48?/m1/s1. The van der Waals surface area contributed by atoms with Gasteiger partial charge < -0.3 is 44.5 Å². The first kappa shape index (κ1) is 50.4. The molecule has 3 N–H and O–H groups in total. The minimum Gasteiger partial charge on any atom is -0.493 e. The number of benzene rings is 3. The van der Waals surface area contributed by atoms with Gasteiger partial charge in [-0.25, -0.2) is 8.42 Å². The Balaban J connectivity index is 0.848. The summed E-state index contributed by atoms with van der Waals surface area (Å²) in [7, 11) is -2.18. The third-order valence-electron chi connectivity index (χ3n) is 12.0. The highest BCUT2D eigenvalue weighted by Gasteiger charge is 2.43. The quantitative estimate of drug-likeness (QED) is 0.0606. The molecule has 0 spiro atoms. The fourth-order valence-electron chi connectivity index (χ4n) is 8.57. The molecule has 0 bridgehead atoms. The predicted molar refractivity (Wildman–Crippen MR) is 257 cm³/mol. The molecule has 2 aliphatic rings. The molecular weight excluding hydrogens is 927 g/mol. The van der Waals surface area contributed by atoms with Crippen molar-refractivity contribution in [1.29, 1.82) is 0 Å². The highest BCUT2D eigenvalue weighted by Crippen LogP contribution is 2.43. The maximum atomic E-state index is 14.1. The summed E-state index contributed by atoms with van der Waals surface area (Å²) < 4.78 is 44.2. The largest absolute Gasteiger partial charge is 0.493 e. The van der Waals surface area contributed by atoms with Crippen LogP contribution in [0.15, 0.2) is 72.2 Å². The van der Waals surface area contributed by atoms with E-state index >= 15 is 0 Å². The number of rotatable bonds is 25. The van der Waals surface area contributed by atoms with E-state index in [1.807, 2.05) is 35.8 Å². The second kappa shape index (κ2) is 22.3. The SMILES string of the molecule is CCOc1cc([C@@H](CS(C)(=O)=O)N2C(=O)c3c(NC(=O)CCCc4cn(CCNCc5ccc(OCc6scc7c6CN(C(CCC(C)=O)C(C)=O)C7=O)cc5)nn4)cccc3C2O)ccc1OC. The summed E-state index contributed by atoms with van der Waals surface area (Å²) in [6.45, 7) is 7.46. The molecule has 0 aliphatic carbocycles. The van der Waals surface area contributed by atoms with E-state index in [2.05, 4.69) is 20.9 Å². The Labute approximate surface area is 404 Å². The minimum atomic E-state index is -3.66. The Morgan fingerprint density at radius 3 is 2.49 bits per heavy atom. The summed E-state index contributed by atoms with van der Waals surface area (Å²) in [5.74, 6) is -0.305. The molecule has 3 atom stereocenters. The molecule has 0 radical (unpaired) electrons. The Morgan fingerprint density at radius 2 is 1.78 bits per heavy atom. The number of carbonyl (C=O) groups excluding carboxylic acids is 5. The lowest BCUT2D eigenvalue weighted by atomic mass is 10.0. The van der Waals surface area contributed by atoms with Crippen molar-refractivity contribution in [3.63, 3.8) is 0 Å². The van der Waals surface area contributed by atoms with Gasteiger partial charge in [0.25, 0.3) is 11.8 Å². The Kier molecular flexibility index (Phi) is 16.3. The number of hydrogen-bond donors (Lipinski definition) is 3. The number of hydrogen-bond acceptors (Lipinski definition) is 15. The van der Waals surface area contributed by atoms with Gasteiger partial charge in [-0.15, -0.1) is 16.4 Å². The first-order valence-corrected chi connectivity index (χ1v) is 25.6. The normalized spacial score (nSPS) is 15.2. The van der Waals surface area contributed by atoms with Crippen molar-refractivity contribution in [3.05, 3.63) is 116 Å². The monoisotopic (exact) mass is 983 g/mol. The zero-order chi connectivity index (χ0) is 49.4. The lowest BCUT2D eigenvalue weighted by molar-refractivity contribution is -0.122. The number of ether oxygens (including phenoxy) is 3. The summed E-state index contributed by atoms with van der Waals surface area (Å²) in [5.41, 5.74) is 4.21. The smallest absolute Gasteiger partial charge is 0.259 e. The van der Waals surface area contributed by atoms with Crippen molar-refractivity contribution in [3.8, 4) is 17.2 Å². The number of Topliss-reactive ketones (excluding diaryl/α,β-unsaturated/α-hetero) is 2. The number of aromatic nitrogens is 3. The number of nitrogens with zero attached hydrogens (tertiary/aromatic N) is 5. The van der Waals surface area contributed by atoms with Crippen LogP contribution in [-0.4, -0.2) is 106 Å². The number of nitrogens with one attached hydrogen (secondary N) is 2. The molecule has 2 aliphatic heterocycles. The van der Waals surface area contributed by atoms with Crippen molar-refractivity contribution < 1.29 is 51.7 Å². The second-order valence-electron chi connectivity index (χ2n) is 17.1. The lowest BCUT2D eigenvalue weighted by Crippen LogP contribution is -2.40. The van der Waals surface area contributed by atoms with Gasteiger partial charge in [-0.3, -0.25) is 23.9 Å². The molecule has 2 aromatic heterocycles. The van der Waals surface area contributed by atoms with Gasteiger partial charge in [0.05, 0.1) is 60.6 Å². The number of anilines is 1. The summed E-state index contributed by atoms with van der Waals surface area (Å²) in [6, 6.07) is 15.7. The number of aliphatic hydroxyl groups is 1. The second-order valence-corrected chi connectivity index (χ2v) is 20.3. The van der Waals surface area contributed by atoms with Crippen LogP contribution in [0.5, 0.6) is 17.2 Å². The third kappa shape index (κ3) is 12.2. The van der Waals surface area contributed by atoms with E-state index in [9.17, 15) is 37.5 Å². The van der Waals surface area contributed by atoms with E-state index in [0.717, 1.165) is 32.9 Å². The molecule has 0 saturated carbocycles. The Bertz CT molecular complexity index is 2810. The number of thiophene rings is 1. The van der Waals surface area contributed by atoms with Crippen molar-refractivity contribution in [2.45, 2.75) is 97.4 Å². The van der Waals surface area contributed by atoms with Crippen molar-refractivity contribution >= 4 is 56.1 Å². The van der Waals surface area contributed by atoms with E-state index in [-0.39, 0.29) is 59.6 Å². The number of ketones is 2. The summed E-state index contributed by atoms with van der Waals surface area (Å²) in [6.07, 6.45) is 3.04. The number of aliphatic hydroxyl groups excluding tert-OH is 1. The minimum absolute atomic E-state index is 0.0179. The van der Waals surface area contributed by atoms with E-state index in [4.69, 9.17) is 14.2 Å². The van der Waals surface area contributed by atoms with Gasteiger partial charge in [-0.1, -0.05) is 35.5 Å². The molecule has 366 valence electrons. The number of carbonyl (C=O) groups is 5. The Morgan fingerprint density at radius 1 is 1.00 bits per heavy atom. The Hall–Kier alpha value is -6.48. The predicted octanol–water partition coefficient (Wildman–Crippen LogP) is 5.59. The maximum absolute atomic E-state index is 14.1. The zero-order valence-electron chi connectivity index (χ0n) is 39.2. The highest BCUT2D eigenvalue weighted by molar-refractivity contribution is 7.90. The number of fused-ring (bicyclic) bond motifs is 2. The molecule has 0 fully saturated rings. The maximum Gasteiger partial charge on any atom is 0.259 e. The van der Waals surface area contributed by atoms with E-state index in [1.165, 1.54) is 32.3 Å². The van der Waals surface area contributed by atoms with Gasteiger partial charge in [0.2, 0.25) is 5.91 Å². The molecule has 18 nitrogen and oxygen atoms in total. The fraction of sp³-hybridized carbons (Fsp3) is 0.408. The van der Waals surface area contributed by atoms with E-state index < -0.39 is 39.8 Å². The van der Waals surface area contributed by atoms with Crippen LogP contribution in [0.4, 0.5) is 5.69 Å². The molecule has 2 unspecified atom stereocenters. The van der Waals surface area contributed by atoms with Crippen LogP contribution in [0.25, 0.3) is 0 Å². The molecule has 0 saturated heterocycles. The first-order chi connectivity index (χ1) is 33.0. The summed E-state index contributed by atoms with van der Waals surface area (Å²) in [4.78, 5) is 68.0. The average molecular weight is 984 g/mol. The van der Waals surface area contributed by atoms with Crippen LogP contribution in [0.3, 0.4) is 0 Å². The summed E-state index contributed by atoms with van der Waals surface area (Å²) in [5, 5.41) is 28.0. The number of amides is 3.